The number of azo groups is 1. The third kappa shape index (κ3) is 2.79. The van der Waals surface area contributed by atoms with E-state index >= 15 is 0 Å². The second-order valence-electron chi connectivity index (χ2n) is 7.15. The Kier molecular flexibility index (Phi) is 4.98. The fourth-order valence-electron chi connectivity index (χ4n) is 3.36. The van der Waals surface area contributed by atoms with Crippen molar-refractivity contribution < 1.29 is 0 Å². The molecule has 0 amide bonds. The lowest BCUT2D eigenvalue weighted by molar-refractivity contribution is 1.09. The molecule has 0 atom stereocenters. The maximum Gasteiger partial charge on any atom is 0.0920 e. The minimum Gasteiger partial charge on any atom is -0.150 e. The van der Waals surface area contributed by atoms with Crippen LogP contribution in [-0.2, 0) is 0 Å². The molecule has 0 aliphatic heterocycles. The second kappa shape index (κ2) is 6.51. The van der Waals surface area contributed by atoms with E-state index in [0.29, 0.717) is 0 Å². The van der Waals surface area contributed by atoms with E-state index < -0.39 is 0 Å². The maximum atomic E-state index is 4.70. The zero-order valence-electron chi connectivity index (χ0n) is 16.9. The molecule has 0 saturated carbocycles. The molecule has 0 saturated heterocycles. The molecule has 0 radical (unpaired) electrons. The third-order valence-electron chi connectivity index (χ3n) is 6.17. The molecule has 0 aromatic heterocycles. The van der Waals surface area contributed by atoms with Crippen molar-refractivity contribution in [1.82, 2.24) is 0 Å². The average molecular weight is 322 g/mol. The molecule has 128 valence electrons. The molecule has 0 heterocycles. The van der Waals surface area contributed by atoms with Gasteiger partial charge in [0, 0.05) is 0 Å². The highest BCUT2D eigenvalue weighted by atomic mass is 15.1. The fraction of sp³-hybridized carbons (Fsp3) is 0.455. The van der Waals surface area contributed by atoms with Crippen LogP contribution in [0.15, 0.2) is 10.2 Å². The number of nitrogens with zero attached hydrogens (tertiary/aromatic N) is 2. The first-order chi connectivity index (χ1) is 11.1. The van der Waals surface area contributed by atoms with E-state index in [1.165, 1.54) is 55.6 Å². The maximum absolute atomic E-state index is 4.70. The average Bonchev–Trinajstić information content (AvgIpc) is 2.57. The molecule has 2 nitrogen and oxygen atoms in total. The van der Waals surface area contributed by atoms with Crippen molar-refractivity contribution in [3.63, 3.8) is 0 Å². The predicted octanol–water partition coefficient (Wildman–Crippen LogP) is 7.19. The molecule has 0 unspecified atom stereocenters. The molecule has 2 rings (SSSR count). The summed E-state index contributed by atoms with van der Waals surface area (Å²) in [6.07, 6.45) is 0. The Hall–Kier alpha value is -1.96. The molecule has 0 spiro atoms. The van der Waals surface area contributed by atoms with E-state index in [9.17, 15) is 0 Å². The summed E-state index contributed by atoms with van der Waals surface area (Å²) < 4.78 is 0. The Balaban J connectivity index is 2.67. The lowest BCUT2D eigenvalue weighted by atomic mass is 9.93. The summed E-state index contributed by atoms with van der Waals surface area (Å²) in [4.78, 5) is 0. The van der Waals surface area contributed by atoms with Crippen LogP contribution in [0, 0.1) is 69.2 Å². The Morgan fingerprint density at radius 1 is 0.292 bits per heavy atom. The van der Waals surface area contributed by atoms with Crippen molar-refractivity contribution in [2.45, 2.75) is 69.2 Å². The Morgan fingerprint density at radius 3 is 0.667 bits per heavy atom. The van der Waals surface area contributed by atoms with Gasteiger partial charge < -0.3 is 0 Å². The minimum atomic E-state index is 1.02. The summed E-state index contributed by atoms with van der Waals surface area (Å²) in [6, 6.07) is 0. The zero-order chi connectivity index (χ0) is 18.3. The van der Waals surface area contributed by atoms with Crippen LogP contribution in [0.25, 0.3) is 0 Å². The predicted molar refractivity (Wildman–Crippen MR) is 104 cm³/mol. The zero-order valence-corrected chi connectivity index (χ0v) is 16.9. The quantitative estimate of drug-likeness (QED) is 0.523. The molecule has 0 aliphatic rings. The van der Waals surface area contributed by atoms with E-state index in [1.54, 1.807) is 0 Å². The summed E-state index contributed by atoms with van der Waals surface area (Å²) in [5.41, 5.74) is 14.9. The van der Waals surface area contributed by atoms with Gasteiger partial charge in [-0.05, 0) is 125 Å². The third-order valence-corrected chi connectivity index (χ3v) is 6.17. The van der Waals surface area contributed by atoms with Crippen LogP contribution in [0.3, 0.4) is 0 Å². The van der Waals surface area contributed by atoms with Crippen molar-refractivity contribution >= 4 is 11.4 Å². The van der Waals surface area contributed by atoms with Crippen LogP contribution >= 0.6 is 0 Å². The number of benzene rings is 2. The van der Waals surface area contributed by atoms with Crippen LogP contribution in [-0.4, -0.2) is 0 Å². The molecule has 2 aromatic rings. The fourth-order valence-corrected chi connectivity index (χ4v) is 3.36. The normalized spacial score (nSPS) is 11.6. The van der Waals surface area contributed by atoms with Crippen molar-refractivity contribution in [3.8, 4) is 0 Å². The smallest absolute Gasteiger partial charge is 0.0920 e. The molecule has 0 N–H and O–H groups in total. The highest BCUT2D eigenvalue weighted by Gasteiger charge is 2.14. The van der Waals surface area contributed by atoms with Gasteiger partial charge in [-0.2, -0.15) is 0 Å². The summed E-state index contributed by atoms with van der Waals surface area (Å²) in [6.45, 7) is 21.7. The topological polar surface area (TPSA) is 24.7 Å². The van der Waals surface area contributed by atoms with Gasteiger partial charge in [0.25, 0.3) is 0 Å². The minimum absolute atomic E-state index is 1.02. The highest BCUT2D eigenvalue weighted by Crippen LogP contribution is 2.36. The first kappa shape index (κ1) is 18.4. The summed E-state index contributed by atoms with van der Waals surface area (Å²) in [5, 5.41) is 9.39. The lowest BCUT2D eigenvalue weighted by Crippen LogP contribution is -1.96. The van der Waals surface area contributed by atoms with Gasteiger partial charge in [-0.3, -0.25) is 0 Å². The number of hydrogen-bond acceptors (Lipinski definition) is 2. The monoisotopic (exact) mass is 322 g/mol. The van der Waals surface area contributed by atoms with Crippen molar-refractivity contribution in [2.24, 2.45) is 10.2 Å². The Labute approximate surface area is 147 Å². The largest absolute Gasteiger partial charge is 0.150 e. The van der Waals surface area contributed by atoms with Crippen molar-refractivity contribution in [1.29, 1.82) is 0 Å². The second-order valence-corrected chi connectivity index (χ2v) is 7.15. The first-order valence-corrected chi connectivity index (χ1v) is 8.65. The van der Waals surface area contributed by atoms with Crippen LogP contribution < -0.4 is 0 Å². The standard InChI is InChI=1S/C22H30N2/c1-11-13(3)17(7)21(18(8)14(11)4)23-24-22-19(9)15(5)12(2)16(6)20(22)10/h1-10H3. The van der Waals surface area contributed by atoms with Gasteiger partial charge in [0.05, 0.1) is 11.4 Å². The Morgan fingerprint density at radius 2 is 0.458 bits per heavy atom. The molecule has 2 heteroatoms. The van der Waals surface area contributed by atoms with Gasteiger partial charge in [-0.15, -0.1) is 10.2 Å². The van der Waals surface area contributed by atoms with Gasteiger partial charge in [-0.1, -0.05) is 0 Å². The van der Waals surface area contributed by atoms with E-state index in [1.807, 2.05) is 0 Å². The summed E-state index contributed by atoms with van der Waals surface area (Å²) in [7, 11) is 0. The summed E-state index contributed by atoms with van der Waals surface area (Å²) in [5.74, 6) is 0. The van der Waals surface area contributed by atoms with Crippen LogP contribution in [0.4, 0.5) is 11.4 Å². The van der Waals surface area contributed by atoms with Crippen LogP contribution in [0.5, 0.6) is 0 Å². The number of rotatable bonds is 2. The van der Waals surface area contributed by atoms with Crippen LogP contribution in [0.1, 0.15) is 55.6 Å². The van der Waals surface area contributed by atoms with Gasteiger partial charge in [0.1, 0.15) is 0 Å². The van der Waals surface area contributed by atoms with Gasteiger partial charge in [0.2, 0.25) is 0 Å². The lowest BCUT2D eigenvalue weighted by Gasteiger charge is -2.17. The molecule has 0 aliphatic carbocycles. The van der Waals surface area contributed by atoms with Gasteiger partial charge >= 0.3 is 0 Å². The first-order valence-electron chi connectivity index (χ1n) is 8.65. The number of hydrogen-bond donors (Lipinski definition) is 0. The van der Waals surface area contributed by atoms with Gasteiger partial charge in [0.15, 0.2) is 0 Å². The molecule has 0 bridgehead atoms. The molecule has 2 aromatic carbocycles. The molecular weight excluding hydrogens is 292 g/mol. The molecular formula is C22H30N2. The van der Waals surface area contributed by atoms with Crippen molar-refractivity contribution in [2.75, 3.05) is 0 Å². The molecule has 0 fully saturated rings. The summed E-state index contributed by atoms with van der Waals surface area (Å²) >= 11 is 0. The van der Waals surface area contributed by atoms with E-state index in [-0.39, 0.29) is 0 Å². The SMILES string of the molecule is Cc1c(C)c(C)c(N=Nc2c(C)c(C)c(C)c(C)c2C)c(C)c1C. The van der Waals surface area contributed by atoms with E-state index in [0.717, 1.165) is 11.4 Å². The van der Waals surface area contributed by atoms with Crippen LogP contribution in [0.2, 0.25) is 0 Å². The molecule has 24 heavy (non-hydrogen) atoms. The van der Waals surface area contributed by atoms with Gasteiger partial charge in [-0.25, -0.2) is 0 Å². The van der Waals surface area contributed by atoms with E-state index in [4.69, 9.17) is 10.2 Å². The highest BCUT2D eigenvalue weighted by molar-refractivity contribution is 5.63. The van der Waals surface area contributed by atoms with E-state index in [2.05, 4.69) is 69.2 Å². The van der Waals surface area contributed by atoms with Crippen molar-refractivity contribution in [3.05, 3.63) is 55.6 Å². The Bertz CT molecular complexity index is 726.